The van der Waals surface area contributed by atoms with Crippen LogP contribution < -0.4 is 21.3 Å². The van der Waals surface area contributed by atoms with Gasteiger partial charge in [0.1, 0.15) is 25.3 Å². The van der Waals surface area contributed by atoms with Gasteiger partial charge in [-0.05, 0) is 52.8 Å². The molecule has 256 valence electrons. The summed E-state index contributed by atoms with van der Waals surface area (Å²) in [4.78, 5) is 50.2. The molecular formula is C36H44N4O8. The van der Waals surface area contributed by atoms with Crippen LogP contribution in [0.15, 0.2) is 72.8 Å². The number of amides is 4. The molecule has 3 aromatic rings. The highest BCUT2D eigenvalue weighted by Gasteiger charge is 2.29. The molecule has 4 amide bonds. The molecule has 0 saturated heterocycles. The summed E-state index contributed by atoms with van der Waals surface area (Å²) in [7, 11) is 0. The highest BCUT2D eigenvalue weighted by atomic mass is 16.6. The number of anilines is 1. The Balaban J connectivity index is 1.07. The van der Waals surface area contributed by atoms with Crippen molar-refractivity contribution >= 4 is 29.5 Å². The van der Waals surface area contributed by atoms with Crippen molar-refractivity contribution in [1.29, 1.82) is 0 Å². The number of hydrogen-bond acceptors (Lipinski definition) is 8. The zero-order valence-corrected chi connectivity index (χ0v) is 27.5. The molecule has 1 aliphatic carbocycles. The number of nitrogens with one attached hydrogen (secondary N) is 4. The van der Waals surface area contributed by atoms with Gasteiger partial charge in [-0.15, -0.1) is 0 Å². The first-order valence-electron chi connectivity index (χ1n) is 16.0. The quantitative estimate of drug-likeness (QED) is 0.138. The van der Waals surface area contributed by atoms with Crippen LogP contribution >= 0.6 is 0 Å². The molecule has 2 atom stereocenters. The Morgan fingerprint density at radius 1 is 0.771 bits per heavy atom. The third-order valence-corrected chi connectivity index (χ3v) is 7.89. The van der Waals surface area contributed by atoms with Crippen LogP contribution in [-0.4, -0.2) is 80.6 Å². The highest BCUT2D eigenvalue weighted by molar-refractivity contribution is 5.98. The molecule has 0 bridgehead atoms. The zero-order chi connectivity index (χ0) is 34.5. The van der Waals surface area contributed by atoms with Crippen LogP contribution in [-0.2, 0) is 35.2 Å². The summed E-state index contributed by atoms with van der Waals surface area (Å²) < 4.78 is 16.4. The van der Waals surface area contributed by atoms with Gasteiger partial charge in [-0.3, -0.25) is 14.4 Å². The Kier molecular flexibility index (Phi) is 13.5. The normalized spacial score (nSPS) is 13.2. The van der Waals surface area contributed by atoms with E-state index in [0.717, 1.165) is 22.3 Å². The molecule has 48 heavy (non-hydrogen) atoms. The maximum absolute atomic E-state index is 12.9. The molecule has 0 saturated carbocycles. The predicted molar refractivity (Wildman–Crippen MR) is 180 cm³/mol. The van der Waals surface area contributed by atoms with Crippen LogP contribution in [0.5, 0.6) is 0 Å². The molecule has 5 N–H and O–H groups in total. The van der Waals surface area contributed by atoms with Crippen molar-refractivity contribution in [3.05, 3.63) is 89.5 Å². The van der Waals surface area contributed by atoms with Gasteiger partial charge in [0.05, 0.1) is 26.4 Å². The number of alkyl carbamates (subject to hydrolysis) is 1. The number of carbonyl (C=O) groups excluding carboxylic acids is 4. The molecule has 0 radical (unpaired) electrons. The summed E-state index contributed by atoms with van der Waals surface area (Å²) in [6.45, 7) is 5.76. The van der Waals surface area contributed by atoms with Gasteiger partial charge in [0.15, 0.2) is 0 Å². The minimum Gasteiger partial charge on any atom is -0.449 e. The lowest BCUT2D eigenvalue weighted by molar-refractivity contribution is -0.133. The van der Waals surface area contributed by atoms with Gasteiger partial charge in [0, 0.05) is 18.2 Å². The molecule has 0 spiro atoms. The van der Waals surface area contributed by atoms with E-state index in [2.05, 4.69) is 45.5 Å². The number of aliphatic hydroxyl groups excluding tert-OH is 1. The van der Waals surface area contributed by atoms with Gasteiger partial charge < -0.3 is 40.6 Å². The summed E-state index contributed by atoms with van der Waals surface area (Å²) in [5.74, 6) is -1.67. The van der Waals surface area contributed by atoms with Crippen molar-refractivity contribution in [3.8, 4) is 11.1 Å². The minimum atomic E-state index is -0.875. The Morgan fingerprint density at radius 3 is 2.02 bits per heavy atom. The van der Waals surface area contributed by atoms with Crippen molar-refractivity contribution in [2.75, 3.05) is 44.9 Å². The fraction of sp³-hybridized carbons (Fsp3) is 0.389. The van der Waals surface area contributed by atoms with E-state index in [1.807, 2.05) is 24.3 Å². The molecule has 0 aromatic heterocycles. The number of hydrogen-bond donors (Lipinski definition) is 5. The van der Waals surface area contributed by atoms with Crippen LogP contribution in [0, 0.1) is 5.92 Å². The Bertz CT molecular complexity index is 1500. The number of fused-ring (bicyclic) bond motifs is 3. The van der Waals surface area contributed by atoms with E-state index < -0.39 is 35.9 Å². The minimum absolute atomic E-state index is 0.0168. The van der Waals surface area contributed by atoms with Crippen LogP contribution in [0.25, 0.3) is 11.1 Å². The summed E-state index contributed by atoms with van der Waals surface area (Å²) in [6.07, 6.45) is -0.527. The molecule has 1 aliphatic rings. The fourth-order valence-corrected chi connectivity index (χ4v) is 5.32. The Hall–Kier alpha value is -4.78. The van der Waals surface area contributed by atoms with Crippen LogP contribution in [0.1, 0.15) is 43.4 Å². The van der Waals surface area contributed by atoms with E-state index >= 15 is 0 Å². The second-order valence-corrected chi connectivity index (χ2v) is 11.8. The predicted octanol–water partition coefficient (Wildman–Crippen LogP) is 3.33. The average molecular weight is 661 g/mol. The largest absolute Gasteiger partial charge is 0.449 e. The average Bonchev–Trinajstić information content (AvgIpc) is 3.40. The summed E-state index contributed by atoms with van der Waals surface area (Å²) in [6, 6.07) is 21.2. The maximum atomic E-state index is 12.9. The van der Waals surface area contributed by atoms with Crippen molar-refractivity contribution in [1.82, 2.24) is 16.0 Å². The molecule has 0 heterocycles. The summed E-state index contributed by atoms with van der Waals surface area (Å²) >= 11 is 0. The van der Waals surface area contributed by atoms with Gasteiger partial charge in [-0.1, -0.05) is 74.5 Å². The van der Waals surface area contributed by atoms with Crippen molar-refractivity contribution in [2.24, 2.45) is 5.92 Å². The zero-order valence-electron chi connectivity index (χ0n) is 27.5. The first-order chi connectivity index (χ1) is 23.2. The standard InChI is InChI=1S/C36H44N4O8/c1-23(2)33(35(44)38-24(3)34(43)39-26-14-12-25(20-41)13-15-26)40-32(42)22-47-19-18-46-17-16-37-36(45)48-21-31-29-10-6-4-8-27(29)28-9-5-7-11-30(28)31/h4-15,23-24,31,33,41H,16-22H2,1-3H3,(H,37,45)(H,38,44)(H,39,43)(H,40,42)/t24-,33-/m0/s1. The van der Waals surface area contributed by atoms with Crippen LogP contribution in [0.2, 0.25) is 0 Å². The lowest BCUT2D eigenvalue weighted by Crippen LogP contribution is -2.54. The molecular weight excluding hydrogens is 616 g/mol. The van der Waals surface area contributed by atoms with Crippen LogP contribution in [0.4, 0.5) is 10.5 Å². The van der Waals surface area contributed by atoms with E-state index in [-0.39, 0.29) is 58.0 Å². The molecule has 4 rings (SSSR count). The smallest absolute Gasteiger partial charge is 0.407 e. The van der Waals surface area contributed by atoms with Crippen LogP contribution in [0.3, 0.4) is 0 Å². The first-order valence-corrected chi connectivity index (χ1v) is 16.0. The van der Waals surface area contributed by atoms with Crippen molar-refractivity contribution in [2.45, 2.75) is 45.4 Å². The number of rotatable bonds is 17. The molecule has 12 heteroatoms. The number of aliphatic hydroxyl groups is 1. The number of carbonyl (C=O) groups is 4. The second kappa shape index (κ2) is 17.9. The van der Waals surface area contributed by atoms with E-state index in [0.29, 0.717) is 11.3 Å². The molecule has 0 unspecified atom stereocenters. The van der Waals surface area contributed by atoms with E-state index in [9.17, 15) is 19.2 Å². The Labute approximate surface area is 280 Å². The third kappa shape index (κ3) is 10.1. The second-order valence-electron chi connectivity index (χ2n) is 11.8. The summed E-state index contributed by atoms with van der Waals surface area (Å²) in [5.41, 5.74) is 5.85. The van der Waals surface area contributed by atoms with Gasteiger partial charge >= 0.3 is 6.09 Å². The van der Waals surface area contributed by atoms with Gasteiger partial charge in [0.2, 0.25) is 17.7 Å². The molecule has 0 aliphatic heterocycles. The van der Waals surface area contributed by atoms with Gasteiger partial charge in [-0.2, -0.15) is 0 Å². The van der Waals surface area contributed by atoms with E-state index in [4.69, 9.17) is 19.3 Å². The number of ether oxygens (including phenoxy) is 3. The SMILES string of the molecule is CC(C)[C@H](NC(=O)COCCOCCNC(=O)OCC1c2ccccc2-c2ccccc21)C(=O)N[C@@H](C)C(=O)Nc1ccc(CO)cc1. The summed E-state index contributed by atoms with van der Waals surface area (Å²) in [5, 5.41) is 19.8. The van der Waals surface area contributed by atoms with Gasteiger partial charge in [0.25, 0.3) is 0 Å². The van der Waals surface area contributed by atoms with E-state index in [1.165, 1.54) is 0 Å². The van der Waals surface area contributed by atoms with Gasteiger partial charge in [-0.25, -0.2) is 4.79 Å². The monoisotopic (exact) mass is 660 g/mol. The fourth-order valence-electron chi connectivity index (χ4n) is 5.32. The topological polar surface area (TPSA) is 164 Å². The molecule has 0 fully saturated rings. The maximum Gasteiger partial charge on any atom is 0.407 e. The van der Waals surface area contributed by atoms with Crippen molar-refractivity contribution in [3.63, 3.8) is 0 Å². The highest BCUT2D eigenvalue weighted by Crippen LogP contribution is 2.44. The lowest BCUT2D eigenvalue weighted by Gasteiger charge is -2.23. The third-order valence-electron chi connectivity index (χ3n) is 7.89. The molecule has 3 aromatic carbocycles. The molecule has 12 nitrogen and oxygen atoms in total. The number of benzene rings is 3. The first kappa shape index (κ1) is 36.1. The van der Waals surface area contributed by atoms with Crippen molar-refractivity contribution < 1.29 is 38.5 Å². The van der Waals surface area contributed by atoms with E-state index in [1.54, 1.807) is 45.0 Å². The Morgan fingerprint density at radius 2 is 1.40 bits per heavy atom. The lowest BCUT2D eigenvalue weighted by atomic mass is 9.98.